The number of morpholine rings is 1. The van der Waals surface area contributed by atoms with Crippen molar-refractivity contribution in [2.75, 3.05) is 24.7 Å². The molecule has 1 saturated heterocycles. The lowest BCUT2D eigenvalue weighted by atomic mass is 10.2. The topological polar surface area (TPSA) is 69.4 Å². The Morgan fingerprint density at radius 1 is 1.65 bits per heavy atom. The molecule has 1 fully saturated rings. The van der Waals surface area contributed by atoms with Crippen molar-refractivity contribution in [1.29, 1.82) is 5.26 Å². The second-order valence-corrected chi connectivity index (χ2v) is 4.15. The summed E-state index contributed by atoms with van der Waals surface area (Å²) in [6.07, 6.45) is 1.54. The van der Waals surface area contributed by atoms with Gasteiger partial charge in [-0.25, -0.2) is 4.98 Å². The number of aliphatic hydroxyl groups excluding tert-OH is 1. The standard InChI is InChI=1S/C12H15N3O2/c1-9-8-17-12(7-16)6-15(9)11-3-2-10(4-13)14-5-11/h2-3,5,9,12,16H,6-8H2,1H3. The molecule has 1 aromatic rings. The summed E-state index contributed by atoms with van der Waals surface area (Å²) in [4.78, 5) is 6.19. The Morgan fingerprint density at radius 2 is 2.47 bits per heavy atom. The Labute approximate surface area is 100 Å². The monoisotopic (exact) mass is 233 g/mol. The fourth-order valence-electron chi connectivity index (χ4n) is 1.91. The number of hydrogen-bond donors (Lipinski definition) is 1. The molecule has 1 aliphatic heterocycles. The molecule has 5 heteroatoms. The van der Waals surface area contributed by atoms with Crippen LogP contribution in [0.15, 0.2) is 18.3 Å². The molecule has 2 unspecified atom stereocenters. The van der Waals surface area contributed by atoms with Gasteiger partial charge in [-0.1, -0.05) is 0 Å². The first-order valence-electron chi connectivity index (χ1n) is 5.60. The van der Waals surface area contributed by atoms with Crippen LogP contribution in [0, 0.1) is 11.3 Å². The minimum atomic E-state index is -0.151. The summed E-state index contributed by atoms with van der Waals surface area (Å²) >= 11 is 0. The first kappa shape index (κ1) is 11.8. The van der Waals surface area contributed by atoms with Gasteiger partial charge in [0.2, 0.25) is 0 Å². The molecular formula is C12H15N3O2. The van der Waals surface area contributed by atoms with E-state index in [0.717, 1.165) is 5.69 Å². The van der Waals surface area contributed by atoms with E-state index in [1.165, 1.54) is 0 Å². The van der Waals surface area contributed by atoms with E-state index in [9.17, 15) is 0 Å². The predicted octanol–water partition coefficient (Wildman–Crippen LogP) is 0.539. The molecule has 90 valence electrons. The summed E-state index contributed by atoms with van der Waals surface area (Å²) in [6.45, 7) is 3.31. The molecule has 0 amide bonds. The van der Waals surface area contributed by atoms with Crippen molar-refractivity contribution in [3.05, 3.63) is 24.0 Å². The molecule has 0 radical (unpaired) electrons. The summed E-state index contributed by atoms with van der Waals surface area (Å²) in [5.41, 5.74) is 1.37. The average molecular weight is 233 g/mol. The van der Waals surface area contributed by atoms with Crippen LogP contribution in [0.25, 0.3) is 0 Å². The Bertz CT molecular complexity index is 413. The Balaban J connectivity index is 2.16. The zero-order valence-electron chi connectivity index (χ0n) is 9.71. The van der Waals surface area contributed by atoms with Crippen molar-refractivity contribution in [3.63, 3.8) is 0 Å². The number of rotatable bonds is 2. The number of anilines is 1. The quantitative estimate of drug-likeness (QED) is 0.807. The zero-order valence-corrected chi connectivity index (χ0v) is 9.71. The minimum absolute atomic E-state index is 0.0208. The summed E-state index contributed by atoms with van der Waals surface area (Å²) in [6, 6.07) is 5.81. The fourth-order valence-corrected chi connectivity index (χ4v) is 1.91. The van der Waals surface area contributed by atoms with Gasteiger partial charge < -0.3 is 14.7 Å². The Hall–Kier alpha value is -1.64. The molecule has 0 aliphatic carbocycles. The van der Waals surface area contributed by atoms with E-state index in [1.807, 2.05) is 12.1 Å². The van der Waals surface area contributed by atoms with Gasteiger partial charge >= 0.3 is 0 Å². The van der Waals surface area contributed by atoms with Crippen LogP contribution in [0.4, 0.5) is 5.69 Å². The van der Waals surface area contributed by atoms with Crippen molar-refractivity contribution >= 4 is 5.69 Å². The molecule has 0 spiro atoms. The molecule has 0 aromatic carbocycles. The Morgan fingerprint density at radius 3 is 3.06 bits per heavy atom. The van der Waals surface area contributed by atoms with Crippen molar-refractivity contribution in [1.82, 2.24) is 4.98 Å². The predicted molar refractivity (Wildman–Crippen MR) is 62.6 cm³/mol. The number of pyridine rings is 1. The largest absolute Gasteiger partial charge is 0.394 e. The SMILES string of the molecule is CC1COC(CO)CN1c1ccc(C#N)nc1. The summed E-state index contributed by atoms with van der Waals surface area (Å²) in [7, 11) is 0. The molecular weight excluding hydrogens is 218 g/mol. The van der Waals surface area contributed by atoms with E-state index < -0.39 is 0 Å². The van der Waals surface area contributed by atoms with Crippen LogP contribution in [-0.2, 0) is 4.74 Å². The first-order chi connectivity index (χ1) is 8.24. The van der Waals surface area contributed by atoms with Crippen LogP contribution in [0.2, 0.25) is 0 Å². The third-order valence-electron chi connectivity index (χ3n) is 2.90. The molecule has 1 aromatic heterocycles. The van der Waals surface area contributed by atoms with Crippen molar-refractivity contribution < 1.29 is 9.84 Å². The molecule has 17 heavy (non-hydrogen) atoms. The number of aliphatic hydroxyl groups is 1. The van der Waals surface area contributed by atoms with Crippen LogP contribution < -0.4 is 4.90 Å². The second-order valence-electron chi connectivity index (χ2n) is 4.15. The average Bonchev–Trinajstić information content (AvgIpc) is 2.39. The van der Waals surface area contributed by atoms with Gasteiger partial charge in [0.15, 0.2) is 0 Å². The fraction of sp³-hybridized carbons (Fsp3) is 0.500. The maximum atomic E-state index is 9.11. The zero-order chi connectivity index (χ0) is 12.3. The van der Waals surface area contributed by atoms with Gasteiger partial charge in [-0.2, -0.15) is 5.26 Å². The highest BCUT2D eigenvalue weighted by molar-refractivity contribution is 5.47. The number of aromatic nitrogens is 1. The maximum absolute atomic E-state index is 9.11. The van der Waals surface area contributed by atoms with Crippen LogP contribution in [-0.4, -0.2) is 42.0 Å². The molecule has 2 heterocycles. The summed E-state index contributed by atoms with van der Waals surface area (Å²) < 4.78 is 5.47. The lowest BCUT2D eigenvalue weighted by Crippen LogP contribution is -2.49. The van der Waals surface area contributed by atoms with Gasteiger partial charge in [0.05, 0.1) is 31.2 Å². The molecule has 0 saturated carbocycles. The van der Waals surface area contributed by atoms with Crippen molar-refractivity contribution in [2.45, 2.75) is 19.1 Å². The van der Waals surface area contributed by atoms with Crippen LogP contribution in [0.1, 0.15) is 12.6 Å². The van der Waals surface area contributed by atoms with E-state index >= 15 is 0 Å². The minimum Gasteiger partial charge on any atom is -0.394 e. The third-order valence-corrected chi connectivity index (χ3v) is 2.90. The molecule has 5 nitrogen and oxygen atoms in total. The van der Waals surface area contributed by atoms with E-state index in [2.05, 4.69) is 16.8 Å². The van der Waals surface area contributed by atoms with Gasteiger partial charge in [0.1, 0.15) is 11.8 Å². The maximum Gasteiger partial charge on any atom is 0.140 e. The molecule has 2 atom stereocenters. The second kappa shape index (κ2) is 5.13. The molecule has 0 bridgehead atoms. The van der Waals surface area contributed by atoms with E-state index in [4.69, 9.17) is 15.1 Å². The van der Waals surface area contributed by atoms with Crippen molar-refractivity contribution in [3.8, 4) is 6.07 Å². The van der Waals surface area contributed by atoms with Gasteiger partial charge in [0.25, 0.3) is 0 Å². The number of nitriles is 1. The van der Waals surface area contributed by atoms with Crippen LogP contribution in [0.3, 0.4) is 0 Å². The molecule has 1 aliphatic rings. The first-order valence-corrected chi connectivity index (χ1v) is 5.60. The summed E-state index contributed by atoms with van der Waals surface area (Å²) in [5, 5.41) is 17.8. The highest BCUT2D eigenvalue weighted by Crippen LogP contribution is 2.20. The normalized spacial score (nSPS) is 24.4. The van der Waals surface area contributed by atoms with E-state index in [-0.39, 0.29) is 18.8 Å². The van der Waals surface area contributed by atoms with E-state index in [1.54, 1.807) is 12.3 Å². The highest BCUT2D eigenvalue weighted by atomic mass is 16.5. The summed E-state index contributed by atoms with van der Waals surface area (Å²) in [5.74, 6) is 0. The molecule has 1 N–H and O–H groups in total. The highest BCUT2D eigenvalue weighted by Gasteiger charge is 2.25. The van der Waals surface area contributed by atoms with E-state index in [0.29, 0.717) is 18.8 Å². The number of hydrogen-bond acceptors (Lipinski definition) is 5. The smallest absolute Gasteiger partial charge is 0.140 e. The Kier molecular flexibility index (Phi) is 3.57. The van der Waals surface area contributed by atoms with Crippen LogP contribution >= 0.6 is 0 Å². The van der Waals surface area contributed by atoms with Gasteiger partial charge in [-0.15, -0.1) is 0 Å². The van der Waals surface area contributed by atoms with Gasteiger partial charge in [-0.3, -0.25) is 0 Å². The number of nitrogens with zero attached hydrogens (tertiary/aromatic N) is 3. The molecule has 2 rings (SSSR count). The lowest BCUT2D eigenvalue weighted by Gasteiger charge is -2.38. The third kappa shape index (κ3) is 2.54. The van der Waals surface area contributed by atoms with Gasteiger partial charge in [-0.05, 0) is 19.1 Å². The van der Waals surface area contributed by atoms with Crippen LogP contribution in [0.5, 0.6) is 0 Å². The van der Waals surface area contributed by atoms with Crippen molar-refractivity contribution in [2.24, 2.45) is 0 Å². The number of ether oxygens (including phenoxy) is 1. The van der Waals surface area contributed by atoms with Gasteiger partial charge in [0, 0.05) is 12.6 Å². The lowest BCUT2D eigenvalue weighted by molar-refractivity contribution is -0.0103.